The zero-order chi connectivity index (χ0) is 9.47. The third-order valence-corrected chi connectivity index (χ3v) is 4.16. The highest BCUT2D eigenvalue weighted by molar-refractivity contribution is 9.23. The Morgan fingerprint density at radius 1 is 1.45 bits per heavy atom. The third-order valence-electron chi connectivity index (χ3n) is 1.47. The van der Waals surface area contributed by atoms with Crippen LogP contribution in [0, 0.1) is 0 Å². The first-order valence-corrected chi connectivity index (χ1v) is 7.78. The van der Waals surface area contributed by atoms with Crippen LogP contribution in [0.15, 0.2) is 18.2 Å². The standard InChI is InChI=1S/C7H5O2.BrH.Mg/c1-2-4-7-6(3-1)8-5-9-7;;/h1,3-4H,5H2;1H;/q;;+1/p-1/i5D2;;. The van der Waals surface area contributed by atoms with E-state index < -0.39 is 24.9 Å². The van der Waals surface area contributed by atoms with Gasteiger partial charge in [-0.05, 0) is 12.1 Å². The second-order valence-corrected chi connectivity index (χ2v) is 4.97. The van der Waals surface area contributed by atoms with Crippen molar-refractivity contribution in [3.8, 4) is 11.5 Å². The molecule has 1 aliphatic rings. The van der Waals surface area contributed by atoms with Gasteiger partial charge in [0.05, 0.1) is 0 Å². The van der Waals surface area contributed by atoms with Crippen molar-refractivity contribution in [2.24, 2.45) is 0 Å². The van der Waals surface area contributed by atoms with E-state index in [-0.39, 0.29) is 0 Å². The Labute approximate surface area is 83.3 Å². The SMILES string of the molecule is [2H]C1([2H])Oc2cc[c]([Mg][Br])cc2O1. The first kappa shape index (κ1) is 5.67. The van der Waals surface area contributed by atoms with Crippen LogP contribution in [-0.2, 0) is 0 Å². The van der Waals surface area contributed by atoms with Crippen molar-refractivity contribution in [2.45, 2.75) is 0 Å². The van der Waals surface area contributed by atoms with Gasteiger partial charge >= 0.3 is 18.2 Å². The Kier molecular flexibility index (Phi) is 1.65. The van der Waals surface area contributed by atoms with Crippen LogP contribution in [-0.4, -0.2) is 24.9 Å². The molecule has 1 heterocycles. The lowest BCUT2D eigenvalue weighted by Gasteiger charge is -1.97. The maximum atomic E-state index is 7.22. The fraction of sp³-hybridized carbons (Fsp3) is 0.143. The molecule has 11 heavy (non-hydrogen) atoms. The van der Waals surface area contributed by atoms with Gasteiger partial charge in [0, 0.05) is 0 Å². The van der Waals surface area contributed by atoms with Crippen LogP contribution in [0.1, 0.15) is 2.74 Å². The van der Waals surface area contributed by atoms with E-state index in [1.54, 1.807) is 6.07 Å². The van der Waals surface area contributed by atoms with Gasteiger partial charge in [0.15, 0.2) is 11.5 Å². The summed E-state index contributed by atoms with van der Waals surface area (Å²) < 4.78 is 25.5. The van der Waals surface area contributed by atoms with Crippen molar-refractivity contribution >= 4 is 34.8 Å². The second kappa shape index (κ2) is 3.21. The van der Waals surface area contributed by atoms with E-state index in [9.17, 15) is 0 Å². The predicted molar refractivity (Wildman–Crippen MR) is 46.9 cm³/mol. The Bertz CT molecular complexity index is 345. The molecule has 0 unspecified atom stereocenters. The van der Waals surface area contributed by atoms with E-state index in [2.05, 4.69) is 12.9 Å². The van der Waals surface area contributed by atoms with Crippen molar-refractivity contribution in [3.05, 3.63) is 18.2 Å². The molecule has 0 amide bonds. The third kappa shape index (κ3) is 1.48. The maximum absolute atomic E-state index is 7.22. The van der Waals surface area contributed by atoms with Crippen LogP contribution in [0.4, 0.5) is 0 Å². The van der Waals surface area contributed by atoms with Gasteiger partial charge in [-0.1, -0.05) is 6.07 Å². The molecular formula is C7H5BrMgO2. The second-order valence-electron chi connectivity index (χ2n) is 2.20. The van der Waals surface area contributed by atoms with Crippen molar-refractivity contribution in [1.82, 2.24) is 0 Å². The van der Waals surface area contributed by atoms with E-state index in [0.717, 1.165) is 0 Å². The summed E-state index contributed by atoms with van der Waals surface area (Å²) in [6.07, 6.45) is 0. The van der Waals surface area contributed by atoms with Gasteiger partial charge in [0.25, 0.3) is 0 Å². The highest BCUT2D eigenvalue weighted by Gasteiger charge is 2.12. The summed E-state index contributed by atoms with van der Waals surface area (Å²) in [4.78, 5) is 0. The summed E-state index contributed by atoms with van der Waals surface area (Å²) in [6, 6.07) is 5.48. The zero-order valence-electron chi connectivity index (χ0n) is 7.63. The number of ether oxygens (including phenoxy) is 2. The van der Waals surface area contributed by atoms with E-state index in [1.807, 2.05) is 12.1 Å². The number of hydrogen-bond acceptors (Lipinski definition) is 2. The Hall–Kier alpha value is 0.0662. The summed E-state index contributed by atoms with van der Waals surface area (Å²) in [5, 5.41) is 0. The van der Waals surface area contributed by atoms with E-state index >= 15 is 0 Å². The van der Waals surface area contributed by atoms with Crippen LogP contribution in [0.5, 0.6) is 11.5 Å². The Morgan fingerprint density at radius 2 is 2.27 bits per heavy atom. The fourth-order valence-electron chi connectivity index (χ4n) is 0.910. The van der Waals surface area contributed by atoms with Crippen molar-refractivity contribution in [3.63, 3.8) is 0 Å². The normalized spacial score (nSPS) is 20.1. The molecular weight excluding hydrogens is 220 g/mol. The van der Waals surface area contributed by atoms with Crippen molar-refractivity contribution in [2.75, 3.05) is 6.75 Å². The minimum atomic E-state index is -2.01. The number of halogens is 1. The molecule has 0 saturated heterocycles. The summed E-state index contributed by atoms with van der Waals surface area (Å²) in [7, 11) is 0. The van der Waals surface area contributed by atoms with Gasteiger partial charge < -0.3 is 9.47 Å². The lowest BCUT2D eigenvalue weighted by atomic mass is 10.3. The molecule has 0 bridgehead atoms. The highest BCUT2D eigenvalue weighted by Crippen LogP contribution is 2.29. The van der Waals surface area contributed by atoms with E-state index in [4.69, 9.17) is 12.2 Å². The predicted octanol–water partition coefficient (Wildman–Crippen LogP) is 1.05. The average molecular weight is 227 g/mol. The highest BCUT2D eigenvalue weighted by atomic mass is 79.9. The first-order valence-electron chi connectivity index (χ1n) is 4.18. The molecule has 0 saturated carbocycles. The molecule has 0 fully saturated rings. The van der Waals surface area contributed by atoms with Crippen LogP contribution < -0.4 is 13.2 Å². The van der Waals surface area contributed by atoms with Crippen molar-refractivity contribution < 1.29 is 12.2 Å². The largest absolute Gasteiger partial charge is 0.506 e. The molecule has 0 radical (unpaired) electrons. The van der Waals surface area contributed by atoms with Gasteiger partial charge in [0.1, 0.15) is 2.74 Å². The molecule has 0 aliphatic carbocycles. The van der Waals surface area contributed by atoms with Crippen LogP contribution in [0.25, 0.3) is 0 Å². The molecule has 4 heteroatoms. The minimum Gasteiger partial charge on any atom is -0.454 e. The smallest absolute Gasteiger partial charge is 0.454 e. The summed E-state index contributed by atoms with van der Waals surface area (Å²) in [5.74, 6) is 0.971. The molecule has 0 atom stereocenters. The fourth-order valence-corrected chi connectivity index (χ4v) is 2.43. The quantitative estimate of drug-likeness (QED) is 0.668. The summed E-state index contributed by atoms with van der Waals surface area (Å²) in [6.45, 7) is -2.01. The molecule has 2 rings (SSSR count). The van der Waals surface area contributed by atoms with Crippen LogP contribution in [0.3, 0.4) is 0 Å². The molecule has 1 aliphatic heterocycles. The molecule has 0 aromatic heterocycles. The number of benzene rings is 1. The van der Waals surface area contributed by atoms with Gasteiger partial charge in [-0.15, -0.1) is 3.69 Å². The first-order chi connectivity index (χ1) is 6.11. The molecule has 0 N–H and O–H groups in total. The van der Waals surface area contributed by atoms with E-state index in [1.165, 1.54) is 3.69 Å². The summed E-state index contributed by atoms with van der Waals surface area (Å²) in [5.41, 5.74) is 0. The lowest BCUT2D eigenvalue weighted by Crippen LogP contribution is -2.06. The minimum absolute atomic E-state index is 0.409. The van der Waals surface area contributed by atoms with Crippen LogP contribution >= 0.6 is 12.9 Å². The lowest BCUT2D eigenvalue weighted by molar-refractivity contribution is 0.174. The van der Waals surface area contributed by atoms with Crippen molar-refractivity contribution in [1.29, 1.82) is 0 Å². The molecule has 0 spiro atoms. The maximum Gasteiger partial charge on any atom is 0.506 e. The van der Waals surface area contributed by atoms with Gasteiger partial charge in [-0.3, -0.25) is 12.9 Å². The molecule has 2 nitrogen and oxygen atoms in total. The van der Waals surface area contributed by atoms with Gasteiger partial charge in [-0.25, -0.2) is 0 Å². The van der Waals surface area contributed by atoms with Gasteiger partial charge in [0.2, 0.25) is 6.75 Å². The number of fused-ring (bicyclic) bond motifs is 1. The molecule has 1 aromatic carbocycles. The zero-order valence-corrected chi connectivity index (χ0v) is 8.63. The van der Waals surface area contributed by atoms with Crippen LogP contribution in [0.2, 0.25) is 0 Å². The molecule has 54 valence electrons. The summed E-state index contributed by atoms with van der Waals surface area (Å²) >= 11 is 3.03. The Morgan fingerprint density at radius 3 is 3.09 bits per heavy atom. The van der Waals surface area contributed by atoms with E-state index in [0.29, 0.717) is 11.5 Å². The Balaban J connectivity index is 2.36. The van der Waals surface area contributed by atoms with Gasteiger partial charge in [-0.2, -0.15) is 0 Å². The molecule has 1 aromatic rings. The monoisotopic (exact) mass is 226 g/mol. The topological polar surface area (TPSA) is 18.5 Å². The average Bonchev–Trinajstić information content (AvgIpc) is 2.36. The number of hydrogen-bond donors (Lipinski definition) is 0. The number of rotatable bonds is 1.